The minimum absolute atomic E-state index is 0.377. The van der Waals surface area contributed by atoms with Crippen molar-refractivity contribution in [2.45, 2.75) is 76.6 Å². The Morgan fingerprint density at radius 1 is 1.14 bits per heavy atom. The molecule has 0 unspecified atom stereocenters. The summed E-state index contributed by atoms with van der Waals surface area (Å²) in [5.41, 5.74) is 6.74. The lowest BCUT2D eigenvalue weighted by atomic mass is 9.81. The van der Waals surface area contributed by atoms with Gasteiger partial charge in [0.2, 0.25) is 5.91 Å². The summed E-state index contributed by atoms with van der Waals surface area (Å²) in [4.78, 5) is 74.4. The van der Waals surface area contributed by atoms with Gasteiger partial charge in [0.15, 0.2) is 11.7 Å². The molecule has 15 nitrogen and oxygen atoms in total. The molecule has 0 bridgehead atoms. The Labute approximate surface area is 200 Å². The van der Waals surface area contributed by atoms with Crippen LogP contribution < -0.4 is 5.32 Å². The first-order valence-electron chi connectivity index (χ1n) is 10.4. The van der Waals surface area contributed by atoms with Crippen molar-refractivity contribution < 1.29 is 52.5 Å². The van der Waals surface area contributed by atoms with E-state index in [-0.39, 0.29) is 0 Å². The van der Waals surface area contributed by atoms with Gasteiger partial charge in [0.05, 0.1) is 19.7 Å². The van der Waals surface area contributed by atoms with E-state index >= 15 is 0 Å². The van der Waals surface area contributed by atoms with Gasteiger partial charge in [-0.05, 0) is 5.53 Å². The molecule has 1 fully saturated rings. The molecule has 35 heavy (non-hydrogen) atoms. The highest BCUT2D eigenvalue weighted by atomic mass is 16.6. The van der Waals surface area contributed by atoms with Gasteiger partial charge in [-0.3, -0.25) is 19.2 Å². The van der Waals surface area contributed by atoms with E-state index in [1.54, 1.807) is 0 Å². The molecule has 0 radical (unpaired) electrons. The first kappa shape index (κ1) is 29.3. The minimum Gasteiger partial charge on any atom is -0.467 e. The number of carbonyl (C=O) groups excluding carboxylic acids is 6. The Morgan fingerprint density at radius 2 is 1.77 bits per heavy atom. The van der Waals surface area contributed by atoms with Crippen molar-refractivity contribution in [2.75, 3.05) is 13.7 Å². The van der Waals surface area contributed by atoms with Gasteiger partial charge in [0.1, 0.15) is 24.6 Å². The number of hydrogen-bond acceptors (Lipinski definition) is 12. The number of azide groups is 1. The number of nitrogens with one attached hydrogen (secondary N) is 1. The number of aldehydes is 1. The van der Waals surface area contributed by atoms with Crippen LogP contribution in [-0.4, -0.2) is 85.8 Å². The van der Waals surface area contributed by atoms with Gasteiger partial charge >= 0.3 is 23.9 Å². The summed E-state index contributed by atoms with van der Waals surface area (Å²) >= 11 is 0. The van der Waals surface area contributed by atoms with E-state index in [1.807, 2.05) is 0 Å². The maximum Gasteiger partial charge on any atom is 0.338 e. The topological polar surface area (TPSA) is 209 Å². The van der Waals surface area contributed by atoms with Crippen molar-refractivity contribution in [1.29, 1.82) is 0 Å². The molecule has 0 aromatic rings. The van der Waals surface area contributed by atoms with Gasteiger partial charge in [-0.25, -0.2) is 4.79 Å². The van der Waals surface area contributed by atoms with E-state index in [0.717, 1.165) is 34.8 Å². The first-order chi connectivity index (χ1) is 16.4. The van der Waals surface area contributed by atoms with E-state index in [9.17, 15) is 28.8 Å². The molecule has 1 rings (SSSR count). The average Bonchev–Trinajstić information content (AvgIpc) is 2.75. The molecule has 0 spiro atoms. The highest BCUT2D eigenvalue weighted by Gasteiger charge is 2.57. The number of ether oxygens (including phenoxy) is 5. The lowest BCUT2D eigenvalue weighted by Gasteiger charge is -2.48. The molecule has 1 aliphatic rings. The molecule has 1 N–H and O–H groups in total. The molecule has 0 saturated carbocycles. The molecular formula is C20H28N4O11. The molecule has 6 atom stereocenters. The highest BCUT2D eigenvalue weighted by Crippen LogP contribution is 2.37. The zero-order valence-electron chi connectivity index (χ0n) is 19.9. The summed E-state index contributed by atoms with van der Waals surface area (Å²) in [7, 11) is 1.04. The molecule has 0 aromatic heterocycles. The fraction of sp³-hybridized carbons (Fsp3) is 0.700. The van der Waals surface area contributed by atoms with E-state index in [1.165, 1.54) is 0 Å². The van der Waals surface area contributed by atoms with Crippen LogP contribution in [0, 0.1) is 0 Å². The van der Waals surface area contributed by atoms with Crippen molar-refractivity contribution in [2.24, 2.45) is 5.11 Å². The molecule has 1 saturated heterocycles. The lowest BCUT2D eigenvalue weighted by molar-refractivity contribution is -0.239. The number of hydrogen-bond donors (Lipinski definition) is 1. The van der Waals surface area contributed by atoms with E-state index in [2.05, 4.69) is 15.3 Å². The minimum atomic E-state index is -2.02. The van der Waals surface area contributed by atoms with E-state index in [0.29, 0.717) is 6.29 Å². The van der Waals surface area contributed by atoms with Crippen LogP contribution >= 0.6 is 0 Å². The Hall–Kier alpha value is -3.71. The summed E-state index contributed by atoms with van der Waals surface area (Å²) in [6.07, 6.45) is -6.43. The van der Waals surface area contributed by atoms with Crippen LogP contribution in [0.3, 0.4) is 0 Å². The number of nitrogens with zero attached hydrogens (tertiary/aromatic N) is 3. The molecular weight excluding hydrogens is 472 g/mol. The van der Waals surface area contributed by atoms with Crippen LogP contribution in [0.15, 0.2) is 5.11 Å². The maximum absolute atomic E-state index is 12.8. The Balaban J connectivity index is 3.79. The third-order valence-corrected chi connectivity index (χ3v) is 4.94. The van der Waals surface area contributed by atoms with Gasteiger partial charge in [-0.1, -0.05) is 5.11 Å². The number of methoxy groups -OCH3 is 1. The summed E-state index contributed by atoms with van der Waals surface area (Å²) < 4.78 is 26.7. The molecule has 0 aromatic carbocycles. The quantitative estimate of drug-likeness (QED) is 0.0987. The van der Waals surface area contributed by atoms with Gasteiger partial charge < -0.3 is 33.8 Å². The largest absolute Gasteiger partial charge is 0.467 e. The maximum atomic E-state index is 12.8. The third-order valence-electron chi connectivity index (χ3n) is 4.94. The zero-order chi connectivity index (χ0) is 26.8. The summed E-state index contributed by atoms with van der Waals surface area (Å²) in [6, 6.07) is -1.26. The summed E-state index contributed by atoms with van der Waals surface area (Å²) in [5.74, 6) is -4.12. The zero-order valence-corrected chi connectivity index (χ0v) is 19.9. The Kier molecular flexibility index (Phi) is 11.1. The summed E-state index contributed by atoms with van der Waals surface area (Å²) in [5, 5.41) is 5.89. The monoisotopic (exact) mass is 500 g/mol. The number of carbonyl (C=O) groups is 6. The van der Waals surface area contributed by atoms with Crippen molar-refractivity contribution in [3.8, 4) is 0 Å². The van der Waals surface area contributed by atoms with Crippen LogP contribution in [0.2, 0.25) is 0 Å². The van der Waals surface area contributed by atoms with Crippen LogP contribution in [0.4, 0.5) is 0 Å². The SMILES string of the molecule is COC(=O)[C@@]1(CC=O)C[C@H](OC(C)=O)[C@@H](NC(C)=O)[C@H]([C@H](OC(C)=O)[C@@H](CN=[N+]=[N-])OC(C)=O)O1. The highest BCUT2D eigenvalue weighted by molar-refractivity contribution is 5.83. The van der Waals surface area contributed by atoms with Crippen molar-refractivity contribution in [3.05, 3.63) is 10.4 Å². The molecule has 15 heteroatoms. The lowest BCUT2D eigenvalue weighted by Crippen LogP contribution is -2.68. The predicted molar refractivity (Wildman–Crippen MR) is 113 cm³/mol. The van der Waals surface area contributed by atoms with Crippen molar-refractivity contribution in [1.82, 2.24) is 5.32 Å². The predicted octanol–water partition coefficient (Wildman–Crippen LogP) is -0.114. The van der Waals surface area contributed by atoms with Crippen LogP contribution in [0.25, 0.3) is 10.4 Å². The second-order valence-electron chi connectivity index (χ2n) is 7.65. The van der Waals surface area contributed by atoms with Crippen LogP contribution in [-0.2, 0) is 52.5 Å². The normalized spacial score (nSPS) is 25.0. The molecule has 1 aliphatic heterocycles. The Bertz CT molecular complexity index is 884. The summed E-state index contributed by atoms with van der Waals surface area (Å²) in [6.45, 7) is 3.79. The molecule has 0 aliphatic carbocycles. The van der Waals surface area contributed by atoms with Gasteiger partial charge in [0, 0.05) is 45.4 Å². The second-order valence-corrected chi connectivity index (χ2v) is 7.65. The average molecular weight is 500 g/mol. The fourth-order valence-electron chi connectivity index (χ4n) is 3.81. The second kappa shape index (κ2) is 13.2. The van der Waals surface area contributed by atoms with Crippen LogP contribution in [0.1, 0.15) is 40.5 Å². The van der Waals surface area contributed by atoms with E-state index in [4.69, 9.17) is 29.2 Å². The van der Waals surface area contributed by atoms with Gasteiger partial charge in [0.25, 0.3) is 0 Å². The van der Waals surface area contributed by atoms with Crippen molar-refractivity contribution >= 4 is 36.1 Å². The first-order valence-corrected chi connectivity index (χ1v) is 10.4. The molecule has 1 heterocycles. The number of rotatable bonds is 11. The fourth-order valence-corrected chi connectivity index (χ4v) is 3.81. The van der Waals surface area contributed by atoms with Crippen LogP contribution in [0.5, 0.6) is 0 Å². The van der Waals surface area contributed by atoms with Crippen molar-refractivity contribution in [3.63, 3.8) is 0 Å². The molecule has 194 valence electrons. The smallest absolute Gasteiger partial charge is 0.338 e. The molecule has 1 amide bonds. The third kappa shape index (κ3) is 8.22. The van der Waals surface area contributed by atoms with E-state index < -0.39 is 85.2 Å². The Morgan fingerprint density at radius 3 is 2.23 bits per heavy atom. The standard InChI is InChI=1S/C20H28N4O11/c1-10(26)23-16-14(32-11(2)27)8-20(6-7-25,19(30)31-5)35-18(16)17(34-13(4)29)15(9-22-24-21)33-12(3)28/h7,14-18H,6,8-9H2,1-5H3,(H,23,26)/t14-,15+,16+,17+,18+,20+/m0/s1. The number of amides is 1. The number of esters is 4. The van der Waals surface area contributed by atoms with Gasteiger partial charge in [-0.2, -0.15) is 0 Å². The van der Waals surface area contributed by atoms with Gasteiger partial charge in [-0.15, -0.1) is 0 Å².